The number of nitriles is 1. The maximum Gasteiger partial charge on any atom is 0.163 e. The number of anilines is 1. The highest BCUT2D eigenvalue weighted by atomic mass is 15.5. The molecule has 2 atom stereocenters. The molecule has 1 aliphatic heterocycles. The molecular weight excluding hydrogens is 266 g/mol. The number of aromatic nitrogens is 4. The third-order valence-corrected chi connectivity index (χ3v) is 3.94. The van der Waals surface area contributed by atoms with Gasteiger partial charge in [0.15, 0.2) is 5.69 Å². The fourth-order valence-corrected chi connectivity index (χ4v) is 2.87. The van der Waals surface area contributed by atoms with Crippen molar-refractivity contribution in [2.75, 3.05) is 32.1 Å². The molecule has 0 radical (unpaired) electrons. The van der Waals surface area contributed by atoms with Crippen molar-refractivity contribution < 1.29 is 0 Å². The maximum absolute atomic E-state index is 9.23. The van der Waals surface area contributed by atoms with Crippen molar-refractivity contribution in [3.63, 3.8) is 0 Å². The minimum atomic E-state index is 0.203. The predicted molar refractivity (Wildman–Crippen MR) is 77.7 cm³/mol. The summed E-state index contributed by atoms with van der Waals surface area (Å²) < 4.78 is 1.90. The normalized spacial score (nSPS) is 21.7. The molecule has 1 saturated heterocycles. The lowest BCUT2D eigenvalue weighted by Gasteiger charge is -2.24. The van der Waals surface area contributed by atoms with Crippen LogP contribution < -0.4 is 4.90 Å². The molecule has 3 rings (SSSR count). The SMILES string of the molecule is CN(C)[C@@H]1CN(c2cccnc2C#N)C[C@@H]1n1ccnn1. The Balaban J connectivity index is 1.92. The van der Waals surface area contributed by atoms with E-state index in [0.29, 0.717) is 11.7 Å². The molecule has 1 aliphatic rings. The summed E-state index contributed by atoms with van der Waals surface area (Å²) in [6.07, 6.45) is 5.23. The van der Waals surface area contributed by atoms with E-state index in [0.717, 1.165) is 18.8 Å². The third-order valence-electron chi connectivity index (χ3n) is 3.94. The minimum absolute atomic E-state index is 0.203. The fourth-order valence-electron chi connectivity index (χ4n) is 2.87. The number of rotatable bonds is 3. The molecule has 0 saturated carbocycles. The summed E-state index contributed by atoms with van der Waals surface area (Å²) in [5, 5.41) is 17.3. The standard InChI is InChI=1S/C14H17N7/c1-19(2)13-9-20(10-14(13)21-7-6-17-18-21)12-4-3-5-16-11(12)8-15/h3-7,13-14H,9-10H2,1-2H3/t13-,14+/m1/s1. The van der Waals surface area contributed by atoms with Crippen LogP contribution in [0.3, 0.4) is 0 Å². The largest absolute Gasteiger partial charge is 0.365 e. The average Bonchev–Trinajstić information content (AvgIpc) is 3.16. The summed E-state index contributed by atoms with van der Waals surface area (Å²) in [5.41, 5.74) is 1.35. The van der Waals surface area contributed by atoms with E-state index < -0.39 is 0 Å². The summed E-state index contributed by atoms with van der Waals surface area (Å²) in [6, 6.07) is 6.48. The smallest absolute Gasteiger partial charge is 0.163 e. The molecule has 3 heterocycles. The van der Waals surface area contributed by atoms with Crippen LogP contribution in [0.4, 0.5) is 5.69 Å². The molecule has 0 N–H and O–H groups in total. The number of pyridine rings is 1. The van der Waals surface area contributed by atoms with Gasteiger partial charge in [0, 0.05) is 25.5 Å². The van der Waals surface area contributed by atoms with E-state index in [9.17, 15) is 5.26 Å². The van der Waals surface area contributed by atoms with Gasteiger partial charge in [-0.2, -0.15) is 5.26 Å². The van der Waals surface area contributed by atoms with Crippen molar-refractivity contribution >= 4 is 5.69 Å². The van der Waals surface area contributed by atoms with Gasteiger partial charge in [-0.05, 0) is 26.2 Å². The van der Waals surface area contributed by atoms with Gasteiger partial charge in [0.25, 0.3) is 0 Å². The zero-order valence-electron chi connectivity index (χ0n) is 12.1. The molecule has 0 bridgehead atoms. The Morgan fingerprint density at radius 2 is 2.19 bits per heavy atom. The Hall–Kier alpha value is -2.46. The zero-order chi connectivity index (χ0) is 14.8. The van der Waals surface area contributed by atoms with Crippen molar-refractivity contribution in [3.8, 4) is 6.07 Å². The quantitative estimate of drug-likeness (QED) is 0.818. The fraction of sp³-hybridized carbons (Fsp3) is 0.429. The van der Waals surface area contributed by atoms with E-state index in [1.165, 1.54) is 0 Å². The number of hydrogen-bond donors (Lipinski definition) is 0. The van der Waals surface area contributed by atoms with Crippen LogP contribution in [0.25, 0.3) is 0 Å². The van der Waals surface area contributed by atoms with Crippen LogP contribution in [0.1, 0.15) is 11.7 Å². The van der Waals surface area contributed by atoms with Crippen LogP contribution in [0, 0.1) is 11.3 Å². The van der Waals surface area contributed by atoms with Crippen LogP contribution in [-0.2, 0) is 0 Å². The molecule has 0 unspecified atom stereocenters. The van der Waals surface area contributed by atoms with Crippen LogP contribution in [-0.4, -0.2) is 58.1 Å². The van der Waals surface area contributed by atoms with Gasteiger partial charge in [0.05, 0.1) is 24.0 Å². The van der Waals surface area contributed by atoms with Crippen molar-refractivity contribution in [2.24, 2.45) is 0 Å². The summed E-state index contributed by atoms with van der Waals surface area (Å²) in [5.74, 6) is 0. The summed E-state index contributed by atoms with van der Waals surface area (Å²) >= 11 is 0. The van der Waals surface area contributed by atoms with Crippen LogP contribution >= 0.6 is 0 Å². The Bertz CT molecular complexity index is 644. The van der Waals surface area contributed by atoms with Gasteiger partial charge in [-0.1, -0.05) is 5.21 Å². The Labute approximate surface area is 123 Å². The number of likely N-dealkylation sites (N-methyl/N-ethyl adjacent to an activating group) is 1. The minimum Gasteiger partial charge on any atom is -0.365 e. The highest BCUT2D eigenvalue weighted by molar-refractivity contribution is 5.56. The lowest BCUT2D eigenvalue weighted by molar-refractivity contribution is 0.243. The molecule has 7 nitrogen and oxygen atoms in total. The summed E-state index contributed by atoms with van der Waals surface area (Å²) in [6.45, 7) is 1.62. The van der Waals surface area contributed by atoms with Gasteiger partial charge in [-0.15, -0.1) is 5.10 Å². The van der Waals surface area contributed by atoms with Crippen molar-refractivity contribution in [2.45, 2.75) is 12.1 Å². The Morgan fingerprint density at radius 3 is 2.86 bits per heavy atom. The van der Waals surface area contributed by atoms with Crippen molar-refractivity contribution in [1.82, 2.24) is 24.9 Å². The average molecular weight is 283 g/mol. The predicted octanol–water partition coefficient (Wildman–Crippen LogP) is 0.536. The van der Waals surface area contributed by atoms with E-state index in [1.807, 2.05) is 23.0 Å². The molecule has 1 fully saturated rings. The second kappa shape index (κ2) is 5.50. The van der Waals surface area contributed by atoms with Crippen LogP contribution in [0.5, 0.6) is 0 Å². The van der Waals surface area contributed by atoms with Crippen LogP contribution in [0.15, 0.2) is 30.7 Å². The molecule has 108 valence electrons. The summed E-state index contributed by atoms with van der Waals surface area (Å²) in [4.78, 5) is 8.53. The van der Waals surface area contributed by atoms with Gasteiger partial charge in [0.2, 0.25) is 0 Å². The van der Waals surface area contributed by atoms with E-state index in [2.05, 4.69) is 45.3 Å². The molecule has 0 spiro atoms. The van der Waals surface area contributed by atoms with Crippen LogP contribution in [0.2, 0.25) is 0 Å². The van der Waals surface area contributed by atoms with Crippen molar-refractivity contribution in [1.29, 1.82) is 5.26 Å². The number of hydrogen-bond acceptors (Lipinski definition) is 6. The highest BCUT2D eigenvalue weighted by Crippen LogP contribution is 2.30. The number of nitrogens with zero attached hydrogens (tertiary/aromatic N) is 7. The monoisotopic (exact) mass is 283 g/mol. The van der Waals surface area contributed by atoms with E-state index in [4.69, 9.17) is 0 Å². The lowest BCUT2D eigenvalue weighted by atomic mass is 10.1. The van der Waals surface area contributed by atoms with Gasteiger partial charge in [-0.3, -0.25) is 0 Å². The molecule has 7 heteroatoms. The van der Waals surface area contributed by atoms with E-state index in [-0.39, 0.29) is 6.04 Å². The molecule has 2 aromatic rings. The zero-order valence-corrected chi connectivity index (χ0v) is 12.1. The summed E-state index contributed by atoms with van der Waals surface area (Å²) in [7, 11) is 4.12. The first kappa shape index (κ1) is 13.5. The van der Waals surface area contributed by atoms with E-state index in [1.54, 1.807) is 12.4 Å². The van der Waals surface area contributed by atoms with Gasteiger partial charge in [-0.25, -0.2) is 9.67 Å². The van der Waals surface area contributed by atoms with Gasteiger partial charge >= 0.3 is 0 Å². The van der Waals surface area contributed by atoms with Gasteiger partial charge in [0.1, 0.15) is 6.07 Å². The van der Waals surface area contributed by atoms with Gasteiger partial charge < -0.3 is 9.80 Å². The first-order chi connectivity index (χ1) is 10.2. The van der Waals surface area contributed by atoms with E-state index >= 15 is 0 Å². The Morgan fingerprint density at radius 1 is 1.33 bits per heavy atom. The molecule has 0 aliphatic carbocycles. The molecule has 2 aromatic heterocycles. The molecule has 0 aromatic carbocycles. The topological polar surface area (TPSA) is 73.9 Å². The lowest BCUT2D eigenvalue weighted by Crippen LogP contribution is -2.36. The molecule has 0 amide bonds. The second-order valence-electron chi connectivity index (χ2n) is 5.37. The second-order valence-corrected chi connectivity index (χ2v) is 5.37. The maximum atomic E-state index is 9.23. The first-order valence-electron chi connectivity index (χ1n) is 6.83. The Kier molecular flexibility index (Phi) is 3.54. The third kappa shape index (κ3) is 2.45. The molecular formula is C14H17N7. The van der Waals surface area contributed by atoms with Crippen molar-refractivity contribution in [3.05, 3.63) is 36.4 Å². The molecule has 21 heavy (non-hydrogen) atoms. The highest BCUT2D eigenvalue weighted by Gasteiger charge is 2.36. The first-order valence-corrected chi connectivity index (χ1v) is 6.83.